The van der Waals surface area contributed by atoms with Crippen LogP contribution >= 0.6 is 0 Å². The van der Waals surface area contributed by atoms with Gasteiger partial charge >= 0.3 is 0 Å². The van der Waals surface area contributed by atoms with Gasteiger partial charge in [-0.25, -0.2) is 0 Å². The molecule has 1 aromatic rings. The van der Waals surface area contributed by atoms with Crippen LogP contribution in [0.2, 0.25) is 0 Å². The summed E-state index contributed by atoms with van der Waals surface area (Å²) < 4.78 is 0. The first kappa shape index (κ1) is 17.2. The first-order chi connectivity index (χ1) is 10.2. The van der Waals surface area contributed by atoms with Gasteiger partial charge in [-0.1, -0.05) is 50.6 Å². The van der Waals surface area contributed by atoms with Gasteiger partial charge in [0.25, 0.3) is 0 Å². The predicted octanol–water partition coefficient (Wildman–Crippen LogP) is 2.60. The maximum Gasteiger partial charge on any atom is 0.229 e. The van der Waals surface area contributed by atoms with E-state index in [-0.39, 0.29) is 17.7 Å². The molecule has 0 spiro atoms. The summed E-state index contributed by atoms with van der Waals surface area (Å²) in [6, 6.07) is 9.60. The molecule has 1 aromatic carbocycles. The van der Waals surface area contributed by atoms with E-state index in [1.54, 1.807) is 0 Å². The fraction of sp³-hybridized carbons (Fsp3) is 0.529. The minimum absolute atomic E-state index is 0.000195. The maximum atomic E-state index is 12.3. The Balaban J connectivity index is 2.66. The van der Waals surface area contributed by atoms with E-state index in [0.29, 0.717) is 19.5 Å². The summed E-state index contributed by atoms with van der Waals surface area (Å²) in [5.74, 6) is -0.352. The highest BCUT2D eigenvalue weighted by molar-refractivity contribution is 5.85. The van der Waals surface area contributed by atoms with E-state index in [4.69, 9.17) is 0 Å². The van der Waals surface area contributed by atoms with Crippen LogP contribution in [-0.2, 0) is 9.59 Å². The van der Waals surface area contributed by atoms with Gasteiger partial charge in [0.2, 0.25) is 11.8 Å². The number of hydrogen-bond donors (Lipinski definition) is 2. The zero-order chi connectivity index (χ0) is 15.5. The van der Waals surface area contributed by atoms with Crippen LogP contribution in [0.25, 0.3) is 0 Å². The molecule has 0 fully saturated rings. The van der Waals surface area contributed by atoms with Crippen molar-refractivity contribution in [2.24, 2.45) is 0 Å². The molecule has 4 nitrogen and oxygen atoms in total. The summed E-state index contributed by atoms with van der Waals surface area (Å²) in [5.41, 5.74) is 0.934. The minimum Gasteiger partial charge on any atom is -0.356 e. The molecular weight excluding hydrogens is 264 g/mol. The Morgan fingerprint density at radius 3 is 2.38 bits per heavy atom. The first-order valence-corrected chi connectivity index (χ1v) is 7.78. The van der Waals surface area contributed by atoms with E-state index in [2.05, 4.69) is 17.6 Å². The van der Waals surface area contributed by atoms with Crippen LogP contribution in [0.1, 0.15) is 51.0 Å². The van der Waals surface area contributed by atoms with Crippen LogP contribution in [-0.4, -0.2) is 24.9 Å². The van der Waals surface area contributed by atoms with E-state index in [1.807, 2.05) is 37.3 Å². The van der Waals surface area contributed by atoms with Crippen molar-refractivity contribution in [3.63, 3.8) is 0 Å². The second-order valence-corrected chi connectivity index (χ2v) is 5.16. The van der Waals surface area contributed by atoms with Gasteiger partial charge in [-0.2, -0.15) is 0 Å². The molecule has 0 bridgehead atoms. The second-order valence-electron chi connectivity index (χ2n) is 5.16. The number of rotatable bonds is 9. The SMILES string of the molecule is CCCCNC(=O)C(CNC(=O)CCC)c1ccccc1. The normalized spacial score (nSPS) is 11.7. The highest BCUT2D eigenvalue weighted by Crippen LogP contribution is 2.15. The lowest BCUT2D eigenvalue weighted by atomic mass is 9.98. The number of unbranched alkanes of at least 4 members (excludes halogenated alkanes) is 1. The van der Waals surface area contributed by atoms with Crippen LogP contribution in [0.3, 0.4) is 0 Å². The minimum atomic E-state index is -0.330. The largest absolute Gasteiger partial charge is 0.356 e. The van der Waals surface area contributed by atoms with Crippen molar-refractivity contribution in [1.82, 2.24) is 10.6 Å². The van der Waals surface area contributed by atoms with Crippen LogP contribution < -0.4 is 10.6 Å². The van der Waals surface area contributed by atoms with Gasteiger partial charge in [-0.3, -0.25) is 9.59 Å². The summed E-state index contributed by atoms with van der Waals surface area (Å²) in [7, 11) is 0. The van der Waals surface area contributed by atoms with Gasteiger partial charge in [-0.05, 0) is 18.4 Å². The lowest BCUT2D eigenvalue weighted by molar-refractivity contribution is -0.123. The third kappa shape index (κ3) is 6.43. The van der Waals surface area contributed by atoms with Crippen molar-refractivity contribution < 1.29 is 9.59 Å². The Labute approximate surface area is 127 Å². The highest BCUT2D eigenvalue weighted by atomic mass is 16.2. The monoisotopic (exact) mass is 290 g/mol. The van der Waals surface area contributed by atoms with E-state index in [9.17, 15) is 9.59 Å². The van der Waals surface area contributed by atoms with Gasteiger partial charge in [0.05, 0.1) is 5.92 Å². The fourth-order valence-electron chi connectivity index (χ4n) is 2.09. The molecule has 0 saturated carbocycles. The van der Waals surface area contributed by atoms with Gasteiger partial charge in [0, 0.05) is 19.5 Å². The van der Waals surface area contributed by atoms with Gasteiger partial charge in [0.15, 0.2) is 0 Å². The van der Waals surface area contributed by atoms with Crippen LogP contribution in [0.15, 0.2) is 30.3 Å². The molecule has 0 radical (unpaired) electrons. The first-order valence-electron chi connectivity index (χ1n) is 7.78. The number of carbonyl (C=O) groups is 2. The average molecular weight is 290 g/mol. The number of amides is 2. The zero-order valence-electron chi connectivity index (χ0n) is 13.0. The standard InChI is InChI=1S/C17H26N2O2/c1-3-5-12-18-17(21)15(13-19-16(20)9-4-2)14-10-7-6-8-11-14/h6-8,10-11,15H,3-5,9,12-13H2,1-2H3,(H,18,21)(H,19,20). The Hall–Kier alpha value is -1.84. The molecule has 116 valence electrons. The van der Waals surface area contributed by atoms with Gasteiger partial charge in [-0.15, -0.1) is 0 Å². The van der Waals surface area contributed by atoms with Crippen LogP contribution in [0, 0.1) is 0 Å². The number of carbonyl (C=O) groups excluding carboxylic acids is 2. The molecule has 0 aromatic heterocycles. The maximum absolute atomic E-state index is 12.3. The smallest absolute Gasteiger partial charge is 0.229 e. The number of benzene rings is 1. The third-order valence-corrected chi connectivity index (χ3v) is 3.33. The van der Waals surface area contributed by atoms with Crippen molar-refractivity contribution in [3.8, 4) is 0 Å². The molecule has 1 atom stereocenters. The van der Waals surface area contributed by atoms with Crippen molar-refractivity contribution >= 4 is 11.8 Å². The quantitative estimate of drug-likeness (QED) is 0.687. The lowest BCUT2D eigenvalue weighted by Gasteiger charge is -2.18. The Bertz CT molecular complexity index is 432. The summed E-state index contributed by atoms with van der Waals surface area (Å²) in [6.45, 7) is 5.08. The highest BCUT2D eigenvalue weighted by Gasteiger charge is 2.20. The van der Waals surface area contributed by atoms with E-state index in [0.717, 1.165) is 24.8 Å². The Morgan fingerprint density at radius 2 is 1.76 bits per heavy atom. The van der Waals surface area contributed by atoms with Crippen LogP contribution in [0.4, 0.5) is 0 Å². The zero-order valence-corrected chi connectivity index (χ0v) is 13.0. The van der Waals surface area contributed by atoms with E-state index in [1.165, 1.54) is 0 Å². The molecule has 2 N–H and O–H groups in total. The molecule has 21 heavy (non-hydrogen) atoms. The van der Waals surface area contributed by atoms with Crippen LogP contribution in [0.5, 0.6) is 0 Å². The molecule has 1 unspecified atom stereocenters. The molecule has 0 heterocycles. The van der Waals surface area contributed by atoms with Gasteiger partial charge < -0.3 is 10.6 Å². The second kappa shape index (κ2) is 9.97. The lowest BCUT2D eigenvalue weighted by Crippen LogP contribution is -2.37. The molecule has 1 rings (SSSR count). The van der Waals surface area contributed by atoms with Crippen molar-refractivity contribution in [2.45, 2.75) is 45.4 Å². The van der Waals surface area contributed by atoms with Crippen molar-refractivity contribution in [2.75, 3.05) is 13.1 Å². The number of nitrogens with one attached hydrogen (secondary N) is 2. The summed E-state index contributed by atoms with van der Waals surface area (Å²) in [5, 5.41) is 5.80. The Morgan fingerprint density at radius 1 is 1.05 bits per heavy atom. The predicted molar refractivity (Wildman–Crippen MR) is 85.0 cm³/mol. The molecular formula is C17H26N2O2. The van der Waals surface area contributed by atoms with Gasteiger partial charge in [0.1, 0.15) is 0 Å². The van der Waals surface area contributed by atoms with Crippen molar-refractivity contribution in [3.05, 3.63) is 35.9 Å². The molecule has 0 aliphatic carbocycles. The third-order valence-electron chi connectivity index (χ3n) is 3.33. The molecule has 0 aliphatic rings. The Kier molecular flexibility index (Phi) is 8.17. The molecule has 0 saturated heterocycles. The topological polar surface area (TPSA) is 58.2 Å². The van der Waals surface area contributed by atoms with E-state index >= 15 is 0 Å². The number of hydrogen-bond acceptors (Lipinski definition) is 2. The molecule has 2 amide bonds. The molecule has 4 heteroatoms. The summed E-state index contributed by atoms with van der Waals surface area (Å²) in [6.07, 6.45) is 3.32. The molecule has 0 aliphatic heterocycles. The summed E-state index contributed by atoms with van der Waals surface area (Å²) in [4.78, 5) is 23.9. The fourth-order valence-corrected chi connectivity index (χ4v) is 2.09. The average Bonchev–Trinajstić information content (AvgIpc) is 2.49. The van der Waals surface area contributed by atoms with Crippen molar-refractivity contribution in [1.29, 1.82) is 0 Å². The summed E-state index contributed by atoms with van der Waals surface area (Å²) >= 11 is 0. The van der Waals surface area contributed by atoms with E-state index < -0.39 is 0 Å².